The Morgan fingerprint density at radius 1 is 1.10 bits per heavy atom. The van der Waals surface area contributed by atoms with Crippen molar-refractivity contribution in [1.29, 1.82) is 0 Å². The molecule has 0 fully saturated rings. The zero-order chi connectivity index (χ0) is 21.7. The smallest absolute Gasteiger partial charge is 0.406 e. The molecule has 1 heterocycles. The molecule has 1 aromatic heterocycles. The Bertz CT molecular complexity index is 1070. The van der Waals surface area contributed by atoms with Gasteiger partial charge in [0.2, 0.25) is 11.8 Å². The first kappa shape index (κ1) is 21.5. The van der Waals surface area contributed by atoms with Gasteiger partial charge in [0.25, 0.3) is 0 Å². The van der Waals surface area contributed by atoms with Crippen LogP contribution in [-0.2, 0) is 22.6 Å². The Morgan fingerprint density at radius 2 is 1.83 bits per heavy atom. The number of thiazole rings is 1. The summed E-state index contributed by atoms with van der Waals surface area (Å²) in [6.07, 6.45) is -4.75. The molecule has 0 radical (unpaired) electrons. The number of nitrogens with one attached hydrogen (secondary N) is 2. The first-order valence-corrected chi connectivity index (χ1v) is 9.55. The molecule has 7 nitrogen and oxygen atoms in total. The summed E-state index contributed by atoms with van der Waals surface area (Å²) < 4.78 is 41.4. The van der Waals surface area contributed by atoms with E-state index < -0.39 is 6.36 Å². The lowest BCUT2D eigenvalue weighted by Crippen LogP contribution is -2.30. The van der Waals surface area contributed by atoms with E-state index in [1.54, 1.807) is 24.3 Å². The molecule has 0 saturated heterocycles. The van der Waals surface area contributed by atoms with Crippen LogP contribution in [0, 0.1) is 0 Å². The van der Waals surface area contributed by atoms with Crippen LogP contribution in [0.4, 0.5) is 18.3 Å². The van der Waals surface area contributed by atoms with E-state index in [9.17, 15) is 22.8 Å². The lowest BCUT2D eigenvalue weighted by Gasteiger charge is -2.10. The van der Waals surface area contributed by atoms with Crippen LogP contribution in [-0.4, -0.2) is 29.7 Å². The average Bonchev–Trinajstić information content (AvgIpc) is 3.06. The molecule has 0 atom stereocenters. The Labute approximate surface area is 173 Å². The number of fused-ring (bicyclic) bond motifs is 1. The van der Waals surface area contributed by atoms with Crippen molar-refractivity contribution < 1.29 is 27.5 Å². The third-order valence-electron chi connectivity index (χ3n) is 3.97. The molecule has 2 amide bonds. The molecule has 0 saturated carbocycles. The highest BCUT2D eigenvalue weighted by molar-refractivity contribution is 7.22. The van der Waals surface area contributed by atoms with Crippen molar-refractivity contribution in [1.82, 2.24) is 10.3 Å². The number of alkyl halides is 3. The molecule has 158 valence electrons. The maximum absolute atomic E-state index is 12.4. The highest BCUT2D eigenvalue weighted by atomic mass is 32.1. The van der Waals surface area contributed by atoms with Gasteiger partial charge in [0, 0.05) is 12.6 Å². The number of hydrogen-bond donors (Lipinski definition) is 3. The lowest BCUT2D eigenvalue weighted by molar-refractivity contribution is -0.274. The van der Waals surface area contributed by atoms with Crippen LogP contribution in [0.15, 0.2) is 42.5 Å². The van der Waals surface area contributed by atoms with Crippen LogP contribution in [0.5, 0.6) is 5.75 Å². The monoisotopic (exact) mass is 438 g/mol. The molecule has 2 aromatic carbocycles. The van der Waals surface area contributed by atoms with Gasteiger partial charge in [-0.1, -0.05) is 35.6 Å². The molecule has 11 heteroatoms. The van der Waals surface area contributed by atoms with E-state index in [2.05, 4.69) is 20.4 Å². The van der Waals surface area contributed by atoms with Crippen LogP contribution < -0.4 is 21.1 Å². The summed E-state index contributed by atoms with van der Waals surface area (Å²) >= 11 is 1.04. The predicted octanol–water partition coefficient (Wildman–Crippen LogP) is 2.95. The van der Waals surface area contributed by atoms with E-state index in [4.69, 9.17) is 5.73 Å². The Hall–Kier alpha value is -3.18. The second kappa shape index (κ2) is 9.09. The van der Waals surface area contributed by atoms with Gasteiger partial charge in [-0.2, -0.15) is 0 Å². The third-order valence-corrected chi connectivity index (χ3v) is 4.90. The van der Waals surface area contributed by atoms with Gasteiger partial charge < -0.3 is 21.1 Å². The molecule has 0 aliphatic carbocycles. The molecule has 0 spiro atoms. The van der Waals surface area contributed by atoms with Gasteiger partial charge >= 0.3 is 6.36 Å². The molecule has 0 bridgehead atoms. The first-order valence-electron chi connectivity index (χ1n) is 8.73. The third kappa shape index (κ3) is 5.91. The minimum Gasteiger partial charge on any atom is -0.406 e. The molecular formula is C19H17F3N4O3S. The van der Waals surface area contributed by atoms with E-state index in [0.29, 0.717) is 15.8 Å². The summed E-state index contributed by atoms with van der Waals surface area (Å²) in [5.74, 6) is -1.01. The van der Waals surface area contributed by atoms with Crippen molar-refractivity contribution in [3.05, 3.63) is 53.6 Å². The lowest BCUT2D eigenvalue weighted by atomic mass is 10.0. The van der Waals surface area contributed by atoms with E-state index in [1.807, 2.05) is 0 Å². The highest BCUT2D eigenvalue weighted by Crippen LogP contribution is 2.31. The van der Waals surface area contributed by atoms with E-state index >= 15 is 0 Å². The van der Waals surface area contributed by atoms with Crippen LogP contribution in [0.25, 0.3) is 10.2 Å². The molecule has 0 unspecified atom stereocenters. The summed E-state index contributed by atoms with van der Waals surface area (Å²) in [5, 5.41) is 5.56. The van der Waals surface area contributed by atoms with Crippen molar-refractivity contribution in [2.24, 2.45) is 5.73 Å². The topological polar surface area (TPSA) is 106 Å². The number of anilines is 1. The van der Waals surface area contributed by atoms with Gasteiger partial charge in [-0.15, -0.1) is 13.2 Å². The Kier molecular flexibility index (Phi) is 6.53. The number of ether oxygens (including phenoxy) is 1. The van der Waals surface area contributed by atoms with Gasteiger partial charge in [-0.25, -0.2) is 4.98 Å². The van der Waals surface area contributed by atoms with E-state index in [-0.39, 0.29) is 42.2 Å². The van der Waals surface area contributed by atoms with Gasteiger partial charge in [-0.3, -0.25) is 9.59 Å². The summed E-state index contributed by atoms with van der Waals surface area (Å²) in [6, 6.07) is 10.9. The first-order chi connectivity index (χ1) is 14.2. The average molecular weight is 438 g/mol. The van der Waals surface area contributed by atoms with Crippen LogP contribution in [0.3, 0.4) is 0 Å². The number of rotatable bonds is 7. The predicted molar refractivity (Wildman–Crippen MR) is 106 cm³/mol. The second-order valence-corrected chi connectivity index (χ2v) is 7.20. The highest BCUT2D eigenvalue weighted by Gasteiger charge is 2.31. The zero-order valence-electron chi connectivity index (χ0n) is 15.5. The quantitative estimate of drug-likeness (QED) is 0.526. The number of benzene rings is 2. The van der Waals surface area contributed by atoms with Crippen LogP contribution in [0.1, 0.15) is 11.1 Å². The van der Waals surface area contributed by atoms with Crippen molar-refractivity contribution >= 4 is 38.5 Å². The number of carbonyl (C=O) groups excluding carboxylic acids is 2. The van der Waals surface area contributed by atoms with Gasteiger partial charge in [-0.05, 0) is 23.3 Å². The number of halogens is 3. The van der Waals surface area contributed by atoms with Gasteiger partial charge in [0.05, 0.1) is 23.2 Å². The molecule has 0 aliphatic heterocycles. The number of hydrogen-bond acceptors (Lipinski definition) is 6. The SMILES string of the molecule is NCC(=O)NCc1ccccc1CC(=O)Nc1nc2ccc(OC(F)(F)F)cc2s1. The number of nitrogens with zero attached hydrogens (tertiary/aromatic N) is 1. The van der Waals surface area contributed by atoms with Crippen molar-refractivity contribution in [2.45, 2.75) is 19.3 Å². The fraction of sp³-hybridized carbons (Fsp3) is 0.211. The molecule has 0 aliphatic rings. The molecule has 4 N–H and O–H groups in total. The van der Waals surface area contributed by atoms with Crippen LogP contribution in [0.2, 0.25) is 0 Å². The largest absolute Gasteiger partial charge is 0.573 e. The van der Waals surface area contributed by atoms with Crippen molar-refractivity contribution in [3.8, 4) is 5.75 Å². The fourth-order valence-electron chi connectivity index (χ4n) is 2.66. The summed E-state index contributed by atoms with van der Waals surface area (Å²) in [6.45, 7) is 0.110. The number of nitrogens with two attached hydrogens (primary N) is 1. The zero-order valence-corrected chi connectivity index (χ0v) is 16.3. The van der Waals surface area contributed by atoms with E-state index in [0.717, 1.165) is 23.0 Å². The standard InChI is InChI=1S/C19H17F3N4O3S/c20-19(21,22)29-13-5-6-14-15(8-13)30-18(25-14)26-16(27)7-11-3-1-2-4-12(11)10-24-17(28)9-23/h1-6,8H,7,9-10,23H2,(H,24,28)(H,25,26,27). The summed E-state index contributed by atoms with van der Waals surface area (Å²) in [7, 11) is 0. The minimum absolute atomic E-state index is 0.0348. The maximum Gasteiger partial charge on any atom is 0.573 e. The van der Waals surface area contributed by atoms with E-state index in [1.165, 1.54) is 12.1 Å². The summed E-state index contributed by atoms with van der Waals surface area (Å²) in [4.78, 5) is 28.0. The molecule has 30 heavy (non-hydrogen) atoms. The van der Waals surface area contributed by atoms with Crippen molar-refractivity contribution in [3.63, 3.8) is 0 Å². The second-order valence-electron chi connectivity index (χ2n) is 6.17. The number of aromatic nitrogens is 1. The molecule has 3 rings (SSSR count). The Morgan fingerprint density at radius 3 is 2.53 bits per heavy atom. The van der Waals surface area contributed by atoms with Crippen molar-refractivity contribution in [2.75, 3.05) is 11.9 Å². The normalized spacial score (nSPS) is 11.3. The molecular weight excluding hydrogens is 421 g/mol. The Balaban J connectivity index is 1.68. The van der Waals surface area contributed by atoms with Gasteiger partial charge in [0.15, 0.2) is 5.13 Å². The maximum atomic E-state index is 12.4. The fourth-order valence-corrected chi connectivity index (χ4v) is 3.57. The number of amides is 2. The minimum atomic E-state index is -4.79. The van der Waals surface area contributed by atoms with Crippen LogP contribution >= 0.6 is 11.3 Å². The number of carbonyl (C=O) groups is 2. The summed E-state index contributed by atoms with van der Waals surface area (Å²) in [5.41, 5.74) is 7.19. The molecule has 3 aromatic rings. The van der Waals surface area contributed by atoms with Gasteiger partial charge in [0.1, 0.15) is 5.75 Å².